The number of hydrogen-bond acceptors (Lipinski definition) is 6. The van der Waals surface area contributed by atoms with Crippen LogP contribution >= 0.6 is 0 Å². The zero-order valence-electron chi connectivity index (χ0n) is 16.6. The first-order chi connectivity index (χ1) is 15.0. The number of hydrogen-bond donors (Lipinski definition) is 1. The van der Waals surface area contributed by atoms with E-state index >= 15 is 0 Å². The van der Waals surface area contributed by atoms with Gasteiger partial charge in [-0.15, -0.1) is 10.2 Å². The van der Waals surface area contributed by atoms with Crippen molar-refractivity contribution in [1.29, 1.82) is 0 Å². The number of likely N-dealkylation sites (tertiary alicyclic amines) is 1. The first-order valence-electron chi connectivity index (χ1n) is 10.1. The predicted molar refractivity (Wildman–Crippen MR) is 109 cm³/mol. The number of ether oxygens (including phenoxy) is 1. The van der Waals surface area contributed by atoms with Gasteiger partial charge in [0.2, 0.25) is 5.82 Å². The van der Waals surface area contributed by atoms with Crippen molar-refractivity contribution in [2.24, 2.45) is 0 Å². The topological polar surface area (TPSA) is 87.2 Å². The van der Waals surface area contributed by atoms with E-state index in [-0.39, 0.29) is 31.8 Å². The fraction of sp³-hybridized carbons (Fsp3) is 0.333. The van der Waals surface area contributed by atoms with Crippen molar-refractivity contribution < 1.29 is 18.3 Å². The van der Waals surface area contributed by atoms with Gasteiger partial charge in [0, 0.05) is 42.7 Å². The van der Waals surface area contributed by atoms with Crippen molar-refractivity contribution in [1.82, 2.24) is 25.5 Å². The van der Waals surface area contributed by atoms with Crippen LogP contribution < -0.4 is 9.64 Å². The zero-order valence-corrected chi connectivity index (χ0v) is 16.6. The summed E-state index contributed by atoms with van der Waals surface area (Å²) in [7, 11) is 0. The third-order valence-electron chi connectivity index (χ3n) is 5.63. The lowest BCUT2D eigenvalue weighted by Crippen LogP contribution is -2.42. The van der Waals surface area contributed by atoms with E-state index in [1.54, 1.807) is 12.1 Å². The fourth-order valence-electron chi connectivity index (χ4n) is 3.92. The average Bonchev–Trinajstić information content (AvgIpc) is 3.33. The quantitative estimate of drug-likeness (QED) is 0.692. The van der Waals surface area contributed by atoms with Crippen molar-refractivity contribution in [3.63, 3.8) is 0 Å². The van der Waals surface area contributed by atoms with Crippen LogP contribution in [0, 0.1) is 0 Å². The van der Waals surface area contributed by atoms with Gasteiger partial charge in [-0.2, -0.15) is 5.21 Å². The minimum Gasteiger partial charge on any atom is -0.490 e. The molecule has 0 spiro atoms. The number of benzene rings is 2. The van der Waals surface area contributed by atoms with E-state index in [0.717, 1.165) is 16.9 Å². The number of aromatic nitrogens is 4. The van der Waals surface area contributed by atoms with Crippen molar-refractivity contribution in [3.05, 3.63) is 48.0 Å². The number of H-pyrrole nitrogens is 1. The molecule has 1 aromatic heterocycles. The number of aromatic amines is 1. The summed E-state index contributed by atoms with van der Waals surface area (Å²) in [5.74, 6) is -1.81. The van der Waals surface area contributed by atoms with Crippen LogP contribution in [0.5, 0.6) is 5.75 Å². The van der Waals surface area contributed by atoms with Gasteiger partial charge in [0.25, 0.3) is 11.8 Å². The summed E-state index contributed by atoms with van der Waals surface area (Å²) in [4.78, 5) is 16.4. The van der Waals surface area contributed by atoms with Gasteiger partial charge in [0.15, 0.2) is 0 Å². The second kappa shape index (κ2) is 7.60. The summed E-state index contributed by atoms with van der Waals surface area (Å²) >= 11 is 0. The van der Waals surface area contributed by atoms with Gasteiger partial charge in [0.1, 0.15) is 12.4 Å². The number of alkyl halides is 2. The van der Waals surface area contributed by atoms with Crippen molar-refractivity contribution in [2.45, 2.75) is 18.8 Å². The number of carbonyl (C=O) groups is 1. The zero-order chi connectivity index (χ0) is 21.4. The van der Waals surface area contributed by atoms with Crippen molar-refractivity contribution in [3.8, 4) is 17.1 Å². The molecule has 5 rings (SSSR count). The number of nitrogens with one attached hydrogen (secondary N) is 1. The van der Waals surface area contributed by atoms with Gasteiger partial charge < -0.3 is 14.5 Å². The molecule has 0 atom stereocenters. The third kappa shape index (κ3) is 3.80. The summed E-state index contributed by atoms with van der Waals surface area (Å²) in [6, 6.07) is 13.0. The Kier molecular flexibility index (Phi) is 4.76. The van der Waals surface area contributed by atoms with Gasteiger partial charge >= 0.3 is 0 Å². The number of nitrogens with zero attached hydrogens (tertiary/aromatic N) is 5. The monoisotopic (exact) mass is 426 g/mol. The molecule has 2 aliphatic rings. The number of tetrazole rings is 1. The number of carbonyl (C=O) groups excluding carboxylic acids is 1. The van der Waals surface area contributed by atoms with Crippen molar-refractivity contribution in [2.75, 3.05) is 31.1 Å². The lowest BCUT2D eigenvalue weighted by atomic mass is 10.0. The molecule has 31 heavy (non-hydrogen) atoms. The molecular formula is C21H20F2N6O2. The van der Waals surface area contributed by atoms with Crippen LogP contribution in [0.4, 0.5) is 20.2 Å². The summed E-state index contributed by atoms with van der Waals surface area (Å²) in [5, 5.41) is 14.0. The Morgan fingerprint density at radius 1 is 1.06 bits per heavy atom. The molecule has 3 heterocycles. The molecule has 0 bridgehead atoms. The summed E-state index contributed by atoms with van der Waals surface area (Å²) in [5.41, 5.74) is 3.10. The summed E-state index contributed by atoms with van der Waals surface area (Å²) < 4.78 is 32.6. The number of fused-ring (bicyclic) bond motifs is 1. The van der Waals surface area contributed by atoms with E-state index in [2.05, 4.69) is 25.5 Å². The molecule has 1 N–H and O–H groups in total. The molecule has 0 saturated carbocycles. The van der Waals surface area contributed by atoms with Crippen LogP contribution in [0.25, 0.3) is 11.4 Å². The number of rotatable bonds is 3. The molecule has 3 aromatic rings. The lowest BCUT2D eigenvalue weighted by Gasteiger charge is -2.33. The highest BCUT2D eigenvalue weighted by molar-refractivity contribution is 5.95. The maximum atomic E-state index is 13.4. The van der Waals surface area contributed by atoms with Crippen LogP contribution in [0.3, 0.4) is 0 Å². The number of anilines is 2. The van der Waals surface area contributed by atoms with E-state index in [0.29, 0.717) is 30.3 Å². The number of amides is 1. The summed E-state index contributed by atoms with van der Waals surface area (Å²) in [6.45, 7) is 1.24. The highest BCUT2D eigenvalue weighted by Gasteiger charge is 2.36. The molecule has 1 saturated heterocycles. The maximum Gasteiger partial charge on any atom is 0.253 e. The molecule has 8 nitrogen and oxygen atoms in total. The van der Waals surface area contributed by atoms with Gasteiger partial charge in [-0.3, -0.25) is 4.79 Å². The standard InChI is InChI=1S/C21H20F2N6O2/c22-21(23)7-9-28(10-8-21)20(30)15-3-6-17-18(13-15)31-12-11-29(17)16-4-1-14(2-5-16)19-24-26-27-25-19/h1-6,13H,7-12H2,(H,24,25,26,27). The highest BCUT2D eigenvalue weighted by Crippen LogP contribution is 2.38. The van der Waals surface area contributed by atoms with Gasteiger partial charge in [-0.25, -0.2) is 8.78 Å². The molecule has 1 amide bonds. The smallest absolute Gasteiger partial charge is 0.253 e. The Morgan fingerprint density at radius 2 is 1.84 bits per heavy atom. The molecule has 1 fully saturated rings. The third-order valence-corrected chi connectivity index (χ3v) is 5.63. The molecule has 0 aliphatic carbocycles. The van der Waals surface area contributed by atoms with Gasteiger partial charge in [-0.1, -0.05) is 0 Å². The van der Waals surface area contributed by atoms with E-state index in [4.69, 9.17) is 4.74 Å². The Bertz CT molecular complexity index is 1080. The van der Waals surface area contributed by atoms with E-state index in [1.807, 2.05) is 30.3 Å². The van der Waals surface area contributed by atoms with E-state index < -0.39 is 5.92 Å². The average molecular weight is 426 g/mol. The first kappa shape index (κ1) is 19.4. The SMILES string of the molecule is O=C(c1ccc2c(c1)OCCN2c1ccc(-c2nn[nH]n2)cc1)N1CCC(F)(F)CC1. The second-order valence-corrected chi connectivity index (χ2v) is 7.61. The second-order valence-electron chi connectivity index (χ2n) is 7.61. The largest absolute Gasteiger partial charge is 0.490 e. The Morgan fingerprint density at radius 3 is 2.55 bits per heavy atom. The number of piperidine rings is 1. The van der Waals surface area contributed by atoms with E-state index in [9.17, 15) is 13.6 Å². The molecule has 10 heteroatoms. The summed E-state index contributed by atoms with van der Waals surface area (Å²) in [6.07, 6.45) is -0.596. The maximum absolute atomic E-state index is 13.4. The van der Waals surface area contributed by atoms with Crippen molar-refractivity contribution >= 4 is 17.3 Å². The van der Waals surface area contributed by atoms with Crippen LogP contribution in [-0.4, -0.2) is 63.6 Å². The molecule has 2 aromatic carbocycles. The predicted octanol–water partition coefficient (Wildman–Crippen LogP) is 3.27. The highest BCUT2D eigenvalue weighted by atomic mass is 19.3. The lowest BCUT2D eigenvalue weighted by molar-refractivity contribution is -0.0494. The number of halogens is 2. The molecule has 2 aliphatic heterocycles. The molecule has 0 unspecified atom stereocenters. The van der Waals surface area contributed by atoms with Crippen LogP contribution in [-0.2, 0) is 0 Å². The van der Waals surface area contributed by atoms with Crippen LogP contribution in [0.1, 0.15) is 23.2 Å². The Balaban J connectivity index is 1.36. The minimum absolute atomic E-state index is 0.0582. The molecule has 0 radical (unpaired) electrons. The van der Waals surface area contributed by atoms with Crippen LogP contribution in [0.2, 0.25) is 0 Å². The molecular weight excluding hydrogens is 406 g/mol. The molecule has 160 valence electrons. The van der Waals surface area contributed by atoms with E-state index in [1.165, 1.54) is 4.90 Å². The van der Waals surface area contributed by atoms with Crippen LogP contribution in [0.15, 0.2) is 42.5 Å². The first-order valence-corrected chi connectivity index (χ1v) is 10.1. The normalized spacial score (nSPS) is 17.7. The van der Waals surface area contributed by atoms with Gasteiger partial charge in [-0.05, 0) is 47.7 Å². The minimum atomic E-state index is -2.68. The Labute approximate surface area is 176 Å². The Hall–Kier alpha value is -3.56. The fourth-order valence-corrected chi connectivity index (χ4v) is 3.92. The van der Waals surface area contributed by atoms with Gasteiger partial charge in [0.05, 0.1) is 12.2 Å².